The number of halogens is 2. The summed E-state index contributed by atoms with van der Waals surface area (Å²) >= 11 is 5.93. The van der Waals surface area contributed by atoms with Crippen molar-refractivity contribution in [3.63, 3.8) is 0 Å². The number of carbonyl (C=O) groups excluding carboxylic acids is 1. The average Bonchev–Trinajstić information content (AvgIpc) is 3.22. The lowest BCUT2D eigenvalue weighted by Gasteiger charge is -2.38. The fraction of sp³-hybridized carbons (Fsp3) is 0.304. The van der Waals surface area contributed by atoms with E-state index in [9.17, 15) is 14.3 Å². The SMILES string of the molecule is O=C(CCc1cnoc1-c1ccc(F)cc1)N1CCC(O)(c2ccc(Cl)cc2)CC1. The zero-order valence-corrected chi connectivity index (χ0v) is 17.1. The quantitative estimate of drug-likeness (QED) is 0.646. The molecule has 156 valence electrons. The van der Waals surface area contributed by atoms with E-state index in [1.165, 1.54) is 12.1 Å². The fourth-order valence-electron chi connectivity index (χ4n) is 3.85. The first kappa shape index (κ1) is 20.6. The molecule has 1 amide bonds. The number of hydrogen-bond acceptors (Lipinski definition) is 4. The second-order valence-corrected chi connectivity index (χ2v) is 8.04. The molecule has 0 spiro atoms. The van der Waals surface area contributed by atoms with Gasteiger partial charge in [-0.15, -0.1) is 0 Å². The van der Waals surface area contributed by atoms with Crippen LogP contribution in [0.1, 0.15) is 30.4 Å². The third kappa shape index (κ3) is 4.40. The second kappa shape index (κ2) is 8.58. The Morgan fingerprint density at radius 1 is 1.13 bits per heavy atom. The summed E-state index contributed by atoms with van der Waals surface area (Å²) in [6, 6.07) is 13.2. The van der Waals surface area contributed by atoms with Crippen LogP contribution in [-0.4, -0.2) is 34.2 Å². The highest BCUT2D eigenvalue weighted by Crippen LogP contribution is 2.34. The molecule has 1 aliphatic heterocycles. The van der Waals surface area contributed by atoms with E-state index in [-0.39, 0.29) is 11.7 Å². The van der Waals surface area contributed by atoms with Crippen molar-refractivity contribution in [2.45, 2.75) is 31.3 Å². The van der Waals surface area contributed by atoms with Gasteiger partial charge >= 0.3 is 0 Å². The third-order valence-electron chi connectivity index (χ3n) is 5.68. The highest BCUT2D eigenvalue weighted by Gasteiger charge is 2.35. The summed E-state index contributed by atoms with van der Waals surface area (Å²) in [5.41, 5.74) is 1.42. The monoisotopic (exact) mass is 428 g/mol. The van der Waals surface area contributed by atoms with Crippen molar-refractivity contribution in [2.75, 3.05) is 13.1 Å². The first-order chi connectivity index (χ1) is 14.4. The highest BCUT2D eigenvalue weighted by molar-refractivity contribution is 6.30. The number of aryl methyl sites for hydroxylation is 1. The molecule has 0 unspecified atom stereocenters. The summed E-state index contributed by atoms with van der Waals surface area (Å²) in [7, 11) is 0. The number of benzene rings is 2. The molecule has 0 atom stereocenters. The van der Waals surface area contributed by atoms with E-state index < -0.39 is 5.60 Å². The molecule has 0 bridgehead atoms. The fourth-order valence-corrected chi connectivity index (χ4v) is 3.98. The molecule has 0 radical (unpaired) electrons. The number of rotatable bonds is 5. The van der Waals surface area contributed by atoms with E-state index in [2.05, 4.69) is 5.16 Å². The summed E-state index contributed by atoms with van der Waals surface area (Å²) in [5, 5.41) is 15.4. The van der Waals surface area contributed by atoms with Crippen molar-refractivity contribution in [1.29, 1.82) is 0 Å². The number of hydrogen-bond donors (Lipinski definition) is 1. The van der Waals surface area contributed by atoms with E-state index in [1.807, 2.05) is 12.1 Å². The highest BCUT2D eigenvalue weighted by atomic mass is 35.5. The molecule has 4 rings (SSSR count). The van der Waals surface area contributed by atoms with Gasteiger partial charge in [-0.2, -0.15) is 0 Å². The smallest absolute Gasteiger partial charge is 0.222 e. The number of aromatic nitrogens is 1. The summed E-state index contributed by atoms with van der Waals surface area (Å²) in [6.07, 6.45) is 3.35. The number of aliphatic hydroxyl groups is 1. The summed E-state index contributed by atoms with van der Waals surface area (Å²) in [5.74, 6) is 0.261. The van der Waals surface area contributed by atoms with Crippen LogP contribution in [0.3, 0.4) is 0 Å². The van der Waals surface area contributed by atoms with Gasteiger partial charge in [0, 0.05) is 35.7 Å². The minimum Gasteiger partial charge on any atom is -0.385 e. The van der Waals surface area contributed by atoms with Crippen LogP contribution >= 0.6 is 11.6 Å². The summed E-state index contributed by atoms with van der Waals surface area (Å²) in [4.78, 5) is 14.5. The molecule has 1 saturated heterocycles. The second-order valence-electron chi connectivity index (χ2n) is 7.61. The third-order valence-corrected chi connectivity index (χ3v) is 5.94. The maximum atomic E-state index is 13.1. The molecule has 3 aromatic rings. The molecule has 30 heavy (non-hydrogen) atoms. The van der Waals surface area contributed by atoms with Gasteiger partial charge in [-0.1, -0.05) is 28.9 Å². The first-order valence-corrected chi connectivity index (χ1v) is 10.3. The van der Waals surface area contributed by atoms with E-state index >= 15 is 0 Å². The molecule has 0 aliphatic carbocycles. The Kier molecular flexibility index (Phi) is 5.88. The summed E-state index contributed by atoms with van der Waals surface area (Å²) < 4.78 is 18.5. The number of nitrogens with zero attached hydrogens (tertiary/aromatic N) is 2. The van der Waals surface area contributed by atoms with Crippen LogP contribution in [0.5, 0.6) is 0 Å². The van der Waals surface area contributed by atoms with Gasteiger partial charge in [0.2, 0.25) is 5.91 Å². The number of amides is 1. The first-order valence-electron chi connectivity index (χ1n) is 9.90. The molecule has 1 aromatic heterocycles. The zero-order chi connectivity index (χ0) is 21.1. The van der Waals surface area contributed by atoms with Crippen molar-refractivity contribution in [2.24, 2.45) is 0 Å². The van der Waals surface area contributed by atoms with Gasteiger partial charge in [0.25, 0.3) is 0 Å². The lowest BCUT2D eigenvalue weighted by atomic mass is 9.84. The number of carbonyl (C=O) groups is 1. The van der Waals surface area contributed by atoms with Crippen LogP contribution in [-0.2, 0) is 16.8 Å². The van der Waals surface area contributed by atoms with Crippen molar-refractivity contribution in [1.82, 2.24) is 10.1 Å². The van der Waals surface area contributed by atoms with Crippen LogP contribution in [0.25, 0.3) is 11.3 Å². The standard InChI is InChI=1S/C23H22ClFN2O3/c24-19-6-4-18(5-7-19)23(29)11-13-27(14-12-23)21(28)10-3-17-15-26-30-22(17)16-1-8-20(25)9-2-16/h1-2,4-9,15,29H,3,10-14H2. The molecule has 2 aromatic carbocycles. The molecule has 1 fully saturated rings. The minimum absolute atomic E-state index is 0.0272. The van der Waals surface area contributed by atoms with Crippen molar-refractivity contribution in [3.8, 4) is 11.3 Å². The topological polar surface area (TPSA) is 66.6 Å². The van der Waals surface area contributed by atoms with Gasteiger partial charge in [-0.3, -0.25) is 4.79 Å². The normalized spacial score (nSPS) is 15.9. The molecule has 0 saturated carbocycles. The average molecular weight is 429 g/mol. The maximum absolute atomic E-state index is 13.1. The number of likely N-dealkylation sites (tertiary alicyclic amines) is 1. The lowest BCUT2D eigenvalue weighted by molar-refractivity contribution is -0.135. The number of piperidine rings is 1. The Labute approximate surface area is 179 Å². The Hall–Kier alpha value is -2.70. The van der Waals surface area contributed by atoms with Crippen LogP contribution in [0, 0.1) is 5.82 Å². The molecule has 1 N–H and O–H groups in total. The Balaban J connectivity index is 1.34. The maximum Gasteiger partial charge on any atom is 0.222 e. The Bertz CT molecular complexity index is 1010. The predicted molar refractivity (Wildman–Crippen MR) is 111 cm³/mol. The molecule has 1 aliphatic rings. The minimum atomic E-state index is -0.939. The van der Waals surface area contributed by atoms with Gasteiger partial charge in [-0.25, -0.2) is 4.39 Å². The molecular weight excluding hydrogens is 407 g/mol. The predicted octanol–water partition coefficient (Wildman–Crippen LogP) is 4.58. The van der Waals surface area contributed by atoms with E-state index in [0.717, 1.165) is 16.7 Å². The Morgan fingerprint density at radius 2 is 1.80 bits per heavy atom. The van der Waals surface area contributed by atoms with Gasteiger partial charge in [0.15, 0.2) is 5.76 Å². The molecule has 7 heteroatoms. The van der Waals surface area contributed by atoms with E-state index in [1.54, 1.807) is 35.4 Å². The van der Waals surface area contributed by atoms with Crippen LogP contribution < -0.4 is 0 Å². The largest absolute Gasteiger partial charge is 0.385 e. The van der Waals surface area contributed by atoms with Crippen molar-refractivity contribution in [3.05, 3.63) is 76.7 Å². The molecule has 5 nitrogen and oxygen atoms in total. The van der Waals surface area contributed by atoms with Gasteiger partial charge in [0.05, 0.1) is 11.8 Å². The van der Waals surface area contributed by atoms with Crippen LogP contribution in [0.4, 0.5) is 4.39 Å². The van der Waals surface area contributed by atoms with Gasteiger partial charge in [-0.05, 0) is 61.2 Å². The zero-order valence-electron chi connectivity index (χ0n) is 16.4. The van der Waals surface area contributed by atoms with E-state index in [0.29, 0.717) is 49.6 Å². The van der Waals surface area contributed by atoms with Crippen LogP contribution in [0.15, 0.2) is 59.3 Å². The Morgan fingerprint density at radius 3 is 2.47 bits per heavy atom. The van der Waals surface area contributed by atoms with Crippen molar-refractivity contribution < 1.29 is 18.8 Å². The molecule has 2 heterocycles. The van der Waals surface area contributed by atoms with Crippen molar-refractivity contribution >= 4 is 17.5 Å². The lowest BCUT2D eigenvalue weighted by Crippen LogP contribution is -2.45. The van der Waals surface area contributed by atoms with E-state index in [4.69, 9.17) is 16.1 Å². The van der Waals surface area contributed by atoms with Gasteiger partial charge in [0.1, 0.15) is 5.82 Å². The van der Waals surface area contributed by atoms with Gasteiger partial charge < -0.3 is 14.5 Å². The van der Waals surface area contributed by atoms with Crippen LogP contribution in [0.2, 0.25) is 5.02 Å². The molecular formula is C23H22ClFN2O3. The summed E-state index contributed by atoms with van der Waals surface area (Å²) in [6.45, 7) is 0.985.